The maximum Gasteiger partial charge on any atom is 0.337 e. The van der Waals surface area contributed by atoms with Crippen LogP contribution in [0.1, 0.15) is 78.2 Å². The van der Waals surface area contributed by atoms with Crippen molar-refractivity contribution in [3.63, 3.8) is 0 Å². The largest absolute Gasteiger partial charge is 0.465 e. The van der Waals surface area contributed by atoms with E-state index < -0.39 is 15.8 Å². The number of hydrogen-bond acceptors (Lipinski definition) is 5. The average Bonchev–Trinajstić information content (AvgIpc) is 3.31. The van der Waals surface area contributed by atoms with E-state index in [1.165, 1.54) is 43.4 Å². The second-order valence-electron chi connectivity index (χ2n) is 10.2. The number of fused-ring (bicyclic) bond motifs is 1. The highest BCUT2D eigenvalue weighted by Gasteiger charge is 2.36. The van der Waals surface area contributed by atoms with Crippen molar-refractivity contribution in [2.45, 2.75) is 68.6 Å². The summed E-state index contributed by atoms with van der Waals surface area (Å²) in [6.45, 7) is 0. The van der Waals surface area contributed by atoms with E-state index in [2.05, 4.69) is 0 Å². The summed E-state index contributed by atoms with van der Waals surface area (Å²) in [5, 5.41) is 5.69. The molecular formula is C29H33ClN2O4S. The second-order valence-corrected chi connectivity index (χ2v) is 12.7. The number of halogens is 1. The third-order valence-electron chi connectivity index (χ3n) is 7.87. The molecule has 0 saturated heterocycles. The second kappa shape index (κ2) is 11.0. The van der Waals surface area contributed by atoms with E-state index >= 15 is 0 Å². The molecule has 2 aromatic carbocycles. The lowest BCUT2D eigenvalue weighted by molar-refractivity contribution is 0.0600. The summed E-state index contributed by atoms with van der Waals surface area (Å²) < 4.78 is 34.4. The standard InChI is InChI=1S/C29H33ClN2O4S/c1-36-29(33)21-11-17-24(18-12-21)37(34,35)19-26(20-7-3-2-4-8-20)28-25-9-5-6-10-27(25)31-32(28)23-15-13-22(30)14-16-23/h11-18,20,26H,2-10,19H2,1H3. The number of carbonyl (C=O) groups excluding carboxylic acids is 1. The first-order valence-electron chi connectivity index (χ1n) is 13.1. The molecule has 5 rings (SSSR count). The number of aromatic nitrogens is 2. The molecule has 2 aliphatic carbocycles. The minimum atomic E-state index is -3.63. The van der Waals surface area contributed by atoms with Crippen molar-refractivity contribution >= 4 is 27.4 Å². The van der Waals surface area contributed by atoms with Crippen LogP contribution >= 0.6 is 11.6 Å². The molecule has 0 spiro atoms. The van der Waals surface area contributed by atoms with E-state index in [1.54, 1.807) is 0 Å². The number of rotatable bonds is 7. The normalized spacial score (nSPS) is 17.2. The molecule has 1 aromatic heterocycles. The Labute approximate surface area is 223 Å². The zero-order valence-electron chi connectivity index (χ0n) is 21.2. The van der Waals surface area contributed by atoms with Crippen LogP contribution in [0.5, 0.6) is 0 Å². The van der Waals surface area contributed by atoms with E-state index in [0.717, 1.165) is 68.4 Å². The third-order valence-corrected chi connectivity index (χ3v) is 9.91. The highest BCUT2D eigenvalue weighted by atomic mass is 35.5. The Kier molecular flexibility index (Phi) is 7.72. The van der Waals surface area contributed by atoms with Gasteiger partial charge in [0.25, 0.3) is 0 Å². The molecule has 1 atom stereocenters. The first kappa shape index (κ1) is 26.0. The number of methoxy groups -OCH3 is 1. The number of nitrogens with zero attached hydrogens (tertiary/aromatic N) is 2. The highest BCUT2D eigenvalue weighted by Crippen LogP contribution is 2.42. The van der Waals surface area contributed by atoms with Gasteiger partial charge in [0.05, 0.1) is 40.4 Å². The van der Waals surface area contributed by atoms with Gasteiger partial charge in [0.1, 0.15) is 0 Å². The SMILES string of the molecule is COC(=O)c1ccc(S(=O)(=O)CC(c2c3c(nn2-c2ccc(Cl)cc2)CCCC3)C2CCCCC2)cc1. The molecule has 0 aliphatic heterocycles. The van der Waals surface area contributed by atoms with Gasteiger partial charge in [-0.2, -0.15) is 5.10 Å². The quantitative estimate of drug-likeness (QED) is 0.327. The van der Waals surface area contributed by atoms with Crippen LogP contribution in [-0.4, -0.2) is 37.0 Å². The topological polar surface area (TPSA) is 78.3 Å². The first-order chi connectivity index (χ1) is 17.9. The minimum Gasteiger partial charge on any atom is -0.465 e. The van der Waals surface area contributed by atoms with E-state index in [4.69, 9.17) is 21.4 Å². The molecule has 3 aromatic rings. The number of carbonyl (C=O) groups is 1. The van der Waals surface area contributed by atoms with Crippen LogP contribution in [0, 0.1) is 5.92 Å². The Morgan fingerprint density at radius 2 is 1.68 bits per heavy atom. The van der Waals surface area contributed by atoms with Crippen molar-refractivity contribution in [1.82, 2.24) is 9.78 Å². The molecule has 1 fully saturated rings. The molecular weight excluding hydrogens is 508 g/mol. The Morgan fingerprint density at radius 1 is 1.00 bits per heavy atom. The van der Waals surface area contributed by atoms with Crippen LogP contribution in [0.2, 0.25) is 5.02 Å². The zero-order valence-corrected chi connectivity index (χ0v) is 22.7. The molecule has 196 valence electrons. The average molecular weight is 541 g/mol. The minimum absolute atomic E-state index is 0.0148. The summed E-state index contributed by atoms with van der Waals surface area (Å²) >= 11 is 6.18. The van der Waals surface area contributed by atoms with Crippen molar-refractivity contribution in [3.05, 3.63) is 76.1 Å². The Balaban J connectivity index is 1.59. The lowest BCUT2D eigenvalue weighted by Gasteiger charge is -2.32. The van der Waals surface area contributed by atoms with Crippen molar-refractivity contribution in [2.75, 3.05) is 12.9 Å². The molecule has 6 nitrogen and oxygen atoms in total. The van der Waals surface area contributed by atoms with Crippen LogP contribution < -0.4 is 0 Å². The zero-order chi connectivity index (χ0) is 26.0. The monoisotopic (exact) mass is 540 g/mol. The van der Waals surface area contributed by atoms with Gasteiger partial charge in [-0.1, -0.05) is 30.9 Å². The van der Waals surface area contributed by atoms with Gasteiger partial charge in [-0.25, -0.2) is 17.9 Å². The molecule has 1 heterocycles. The summed E-state index contributed by atoms with van der Waals surface area (Å²) in [6.07, 6.45) is 9.49. The Morgan fingerprint density at radius 3 is 2.35 bits per heavy atom. The van der Waals surface area contributed by atoms with Gasteiger partial charge in [0, 0.05) is 10.9 Å². The fourth-order valence-corrected chi connectivity index (χ4v) is 7.73. The third kappa shape index (κ3) is 5.48. The summed E-state index contributed by atoms with van der Waals surface area (Å²) in [7, 11) is -2.32. The number of sulfone groups is 1. The predicted octanol–water partition coefficient (Wildman–Crippen LogP) is 6.33. The highest BCUT2D eigenvalue weighted by molar-refractivity contribution is 7.91. The van der Waals surface area contributed by atoms with Crippen molar-refractivity contribution in [1.29, 1.82) is 0 Å². The van der Waals surface area contributed by atoms with E-state index in [-0.39, 0.29) is 22.5 Å². The first-order valence-corrected chi connectivity index (χ1v) is 15.2. The number of ether oxygens (including phenoxy) is 1. The van der Waals surface area contributed by atoms with Crippen LogP contribution in [0.4, 0.5) is 0 Å². The summed E-state index contributed by atoms with van der Waals surface area (Å²) in [4.78, 5) is 12.1. The molecule has 0 bridgehead atoms. The van der Waals surface area contributed by atoms with Crippen molar-refractivity contribution in [2.24, 2.45) is 5.92 Å². The predicted molar refractivity (Wildman–Crippen MR) is 144 cm³/mol. The van der Waals surface area contributed by atoms with Gasteiger partial charge in [0.2, 0.25) is 0 Å². The van der Waals surface area contributed by atoms with Gasteiger partial charge in [-0.3, -0.25) is 0 Å². The van der Waals surface area contributed by atoms with E-state index in [9.17, 15) is 13.2 Å². The maximum absolute atomic E-state index is 13.8. The summed E-state index contributed by atoms with van der Waals surface area (Å²) in [6, 6.07) is 13.7. The number of esters is 1. The van der Waals surface area contributed by atoms with Crippen molar-refractivity contribution in [3.8, 4) is 5.69 Å². The van der Waals surface area contributed by atoms with Gasteiger partial charge in [0.15, 0.2) is 9.84 Å². The number of benzene rings is 2. The Bertz CT molecular complexity index is 1360. The van der Waals surface area contributed by atoms with E-state index in [0.29, 0.717) is 10.6 Å². The van der Waals surface area contributed by atoms with E-state index in [1.807, 2.05) is 28.9 Å². The van der Waals surface area contributed by atoms with Crippen LogP contribution in [0.15, 0.2) is 53.4 Å². The molecule has 2 aliphatic rings. The molecule has 1 unspecified atom stereocenters. The van der Waals surface area contributed by atoms with Crippen LogP contribution in [0.25, 0.3) is 5.69 Å². The molecule has 37 heavy (non-hydrogen) atoms. The summed E-state index contributed by atoms with van der Waals surface area (Å²) in [5.74, 6) is -0.370. The summed E-state index contributed by atoms with van der Waals surface area (Å²) in [5.41, 5.74) is 4.62. The van der Waals surface area contributed by atoms with Gasteiger partial charge >= 0.3 is 5.97 Å². The van der Waals surface area contributed by atoms with Gasteiger partial charge in [-0.15, -0.1) is 0 Å². The maximum atomic E-state index is 13.8. The van der Waals surface area contributed by atoms with Crippen LogP contribution in [0.3, 0.4) is 0 Å². The van der Waals surface area contributed by atoms with Crippen LogP contribution in [-0.2, 0) is 27.4 Å². The van der Waals surface area contributed by atoms with Gasteiger partial charge in [-0.05, 0) is 98.5 Å². The molecule has 8 heteroatoms. The number of hydrogen-bond donors (Lipinski definition) is 0. The lowest BCUT2D eigenvalue weighted by atomic mass is 9.77. The number of aryl methyl sites for hydroxylation is 1. The van der Waals surface area contributed by atoms with Crippen molar-refractivity contribution < 1.29 is 17.9 Å². The molecule has 0 amide bonds. The molecule has 0 N–H and O–H groups in total. The molecule has 1 saturated carbocycles. The fourth-order valence-electron chi connectivity index (χ4n) is 5.96. The molecule has 0 radical (unpaired) electrons. The van der Waals surface area contributed by atoms with Gasteiger partial charge < -0.3 is 4.74 Å². The Hall–Kier alpha value is -2.64. The smallest absolute Gasteiger partial charge is 0.337 e. The lowest BCUT2D eigenvalue weighted by Crippen LogP contribution is -2.27. The fraction of sp³-hybridized carbons (Fsp3) is 0.448.